The van der Waals surface area contributed by atoms with Gasteiger partial charge in [-0.3, -0.25) is 4.99 Å². The van der Waals surface area contributed by atoms with Crippen LogP contribution >= 0.6 is 11.6 Å². The predicted octanol–water partition coefficient (Wildman–Crippen LogP) is 1.87. The van der Waals surface area contributed by atoms with Gasteiger partial charge in [-0.1, -0.05) is 16.8 Å². The molecule has 2 heterocycles. The highest BCUT2D eigenvalue weighted by molar-refractivity contribution is 6.30. The monoisotopic (exact) mass is 305 g/mol. The van der Waals surface area contributed by atoms with Crippen molar-refractivity contribution >= 4 is 17.6 Å². The molecule has 1 aromatic carbocycles. The molecule has 21 heavy (non-hydrogen) atoms. The Morgan fingerprint density at radius 2 is 2.19 bits per heavy atom. The van der Waals surface area contributed by atoms with Gasteiger partial charge < -0.3 is 15.2 Å². The van der Waals surface area contributed by atoms with Gasteiger partial charge in [-0.2, -0.15) is 4.98 Å². The summed E-state index contributed by atoms with van der Waals surface area (Å²) in [5, 5.41) is 11.1. The highest BCUT2D eigenvalue weighted by Gasteiger charge is 2.12. The molecule has 2 N–H and O–H groups in total. The topological polar surface area (TPSA) is 75.3 Å². The van der Waals surface area contributed by atoms with Crippen molar-refractivity contribution in [1.29, 1.82) is 0 Å². The average molecular weight is 306 g/mol. The zero-order valence-corrected chi connectivity index (χ0v) is 12.4. The predicted molar refractivity (Wildman–Crippen MR) is 81.4 cm³/mol. The van der Waals surface area contributed by atoms with Crippen LogP contribution in [0.15, 0.2) is 33.8 Å². The Morgan fingerprint density at radius 3 is 2.90 bits per heavy atom. The van der Waals surface area contributed by atoms with Gasteiger partial charge in [0.05, 0.1) is 6.54 Å². The van der Waals surface area contributed by atoms with E-state index in [-0.39, 0.29) is 0 Å². The van der Waals surface area contributed by atoms with Gasteiger partial charge in [0.25, 0.3) is 0 Å². The molecule has 110 valence electrons. The number of rotatable bonds is 4. The van der Waals surface area contributed by atoms with Gasteiger partial charge in [0.1, 0.15) is 0 Å². The number of nitrogens with one attached hydrogen (secondary N) is 2. The quantitative estimate of drug-likeness (QED) is 0.902. The van der Waals surface area contributed by atoms with E-state index in [4.69, 9.17) is 16.1 Å². The van der Waals surface area contributed by atoms with E-state index < -0.39 is 0 Å². The Hall–Kier alpha value is -2.08. The third-order valence-electron chi connectivity index (χ3n) is 3.11. The van der Waals surface area contributed by atoms with Crippen LogP contribution in [0, 0.1) is 0 Å². The molecule has 6 nitrogen and oxygen atoms in total. The zero-order valence-electron chi connectivity index (χ0n) is 11.6. The summed E-state index contributed by atoms with van der Waals surface area (Å²) in [6, 6.07) is 7.74. The SMILES string of the molecule is CC1CN=C(NCCc2nc(-c3ccc(Cl)cc3)no2)N1. The smallest absolute Gasteiger partial charge is 0.228 e. The van der Waals surface area contributed by atoms with Crippen molar-refractivity contribution in [3.63, 3.8) is 0 Å². The maximum absolute atomic E-state index is 5.86. The highest BCUT2D eigenvalue weighted by Crippen LogP contribution is 2.18. The standard InChI is InChI=1S/C14H16ClN5O/c1-9-8-17-14(18-9)16-7-6-12-19-13(20-21-12)10-2-4-11(15)5-3-10/h2-5,9H,6-8H2,1H3,(H2,16,17,18). The van der Waals surface area contributed by atoms with Crippen LogP contribution in [0.5, 0.6) is 0 Å². The summed E-state index contributed by atoms with van der Waals surface area (Å²) in [6.45, 7) is 3.60. The summed E-state index contributed by atoms with van der Waals surface area (Å²) in [5.41, 5.74) is 0.887. The van der Waals surface area contributed by atoms with Crippen LogP contribution in [0.2, 0.25) is 5.02 Å². The molecule has 0 spiro atoms. The summed E-state index contributed by atoms with van der Waals surface area (Å²) in [4.78, 5) is 8.69. The van der Waals surface area contributed by atoms with Crippen LogP contribution in [0.1, 0.15) is 12.8 Å². The van der Waals surface area contributed by atoms with Crippen molar-refractivity contribution in [1.82, 2.24) is 20.8 Å². The molecule has 1 unspecified atom stereocenters. The molecule has 1 aliphatic rings. The number of aliphatic imine (C=N–C) groups is 1. The first-order valence-electron chi connectivity index (χ1n) is 6.84. The summed E-state index contributed by atoms with van der Waals surface area (Å²) >= 11 is 5.86. The number of halogens is 1. The van der Waals surface area contributed by atoms with Gasteiger partial charge in [-0.15, -0.1) is 0 Å². The molecule has 1 aliphatic heterocycles. The lowest BCUT2D eigenvalue weighted by Gasteiger charge is -2.06. The minimum absolute atomic E-state index is 0.396. The third-order valence-corrected chi connectivity index (χ3v) is 3.36. The van der Waals surface area contributed by atoms with E-state index in [1.54, 1.807) is 12.1 Å². The summed E-state index contributed by atoms with van der Waals surface area (Å²) in [6.07, 6.45) is 0.648. The number of nitrogens with zero attached hydrogens (tertiary/aromatic N) is 3. The van der Waals surface area contributed by atoms with Crippen LogP contribution in [0.4, 0.5) is 0 Å². The summed E-state index contributed by atoms with van der Waals surface area (Å²) < 4.78 is 5.24. The fraction of sp³-hybridized carbons (Fsp3) is 0.357. The first kappa shape index (κ1) is 13.9. The fourth-order valence-electron chi connectivity index (χ4n) is 2.02. The normalized spacial score (nSPS) is 17.4. The Kier molecular flexibility index (Phi) is 4.06. The number of aromatic nitrogens is 2. The highest BCUT2D eigenvalue weighted by atomic mass is 35.5. The maximum atomic E-state index is 5.86. The van der Waals surface area contributed by atoms with Crippen LogP contribution in [0.25, 0.3) is 11.4 Å². The van der Waals surface area contributed by atoms with E-state index in [1.807, 2.05) is 12.1 Å². The molecule has 2 aromatic rings. The van der Waals surface area contributed by atoms with Crippen LogP contribution in [-0.4, -0.2) is 35.2 Å². The minimum atomic E-state index is 0.396. The number of guanidine groups is 1. The third kappa shape index (κ3) is 3.52. The van der Waals surface area contributed by atoms with Crippen LogP contribution < -0.4 is 10.6 Å². The van der Waals surface area contributed by atoms with Gasteiger partial charge in [0.2, 0.25) is 11.7 Å². The second kappa shape index (κ2) is 6.13. The number of hydrogen-bond donors (Lipinski definition) is 2. The number of hydrogen-bond acceptors (Lipinski definition) is 6. The lowest BCUT2D eigenvalue weighted by molar-refractivity contribution is 0.378. The van der Waals surface area contributed by atoms with E-state index in [0.717, 1.165) is 18.1 Å². The maximum Gasteiger partial charge on any atom is 0.228 e. The van der Waals surface area contributed by atoms with Crippen molar-refractivity contribution in [2.24, 2.45) is 4.99 Å². The zero-order chi connectivity index (χ0) is 14.7. The van der Waals surface area contributed by atoms with Crippen molar-refractivity contribution in [3.05, 3.63) is 35.2 Å². The lowest BCUT2D eigenvalue weighted by Crippen LogP contribution is -2.38. The van der Waals surface area contributed by atoms with E-state index in [2.05, 4.69) is 32.7 Å². The Morgan fingerprint density at radius 1 is 1.38 bits per heavy atom. The van der Waals surface area contributed by atoms with Crippen LogP contribution in [0.3, 0.4) is 0 Å². The molecule has 0 fully saturated rings. The Labute approximate surface area is 127 Å². The second-order valence-corrected chi connectivity index (χ2v) is 5.37. The largest absolute Gasteiger partial charge is 0.356 e. The Bertz CT molecular complexity index is 637. The molecule has 1 atom stereocenters. The summed E-state index contributed by atoms with van der Waals surface area (Å²) in [5.74, 6) is 2.01. The molecule has 7 heteroatoms. The number of benzene rings is 1. The first-order valence-corrected chi connectivity index (χ1v) is 7.22. The molecule has 1 aromatic heterocycles. The van der Waals surface area contributed by atoms with Crippen LogP contribution in [-0.2, 0) is 6.42 Å². The molecule has 0 bridgehead atoms. The second-order valence-electron chi connectivity index (χ2n) is 4.93. The van der Waals surface area contributed by atoms with Crippen molar-refractivity contribution < 1.29 is 4.52 Å². The molecule has 0 aliphatic carbocycles. The molecule has 3 rings (SSSR count). The molecule has 0 amide bonds. The first-order chi connectivity index (χ1) is 10.2. The molecule has 0 saturated heterocycles. The van der Waals surface area contributed by atoms with Gasteiger partial charge >= 0.3 is 0 Å². The van der Waals surface area contributed by atoms with E-state index in [1.165, 1.54) is 0 Å². The average Bonchev–Trinajstić information content (AvgIpc) is 3.09. The van der Waals surface area contributed by atoms with E-state index in [0.29, 0.717) is 35.7 Å². The van der Waals surface area contributed by atoms with Gasteiger partial charge in [-0.05, 0) is 31.2 Å². The minimum Gasteiger partial charge on any atom is -0.356 e. The van der Waals surface area contributed by atoms with Crippen molar-refractivity contribution in [2.45, 2.75) is 19.4 Å². The van der Waals surface area contributed by atoms with Gasteiger partial charge in [-0.25, -0.2) is 0 Å². The fourth-order valence-corrected chi connectivity index (χ4v) is 2.15. The lowest BCUT2D eigenvalue weighted by atomic mass is 10.2. The molecule has 0 saturated carbocycles. The Balaban J connectivity index is 1.54. The van der Waals surface area contributed by atoms with Gasteiger partial charge in [0, 0.05) is 29.6 Å². The molecular weight excluding hydrogens is 290 g/mol. The van der Waals surface area contributed by atoms with Crippen molar-refractivity contribution in [2.75, 3.05) is 13.1 Å². The van der Waals surface area contributed by atoms with E-state index >= 15 is 0 Å². The van der Waals surface area contributed by atoms with E-state index in [9.17, 15) is 0 Å². The molecule has 0 radical (unpaired) electrons. The van der Waals surface area contributed by atoms with Crippen molar-refractivity contribution in [3.8, 4) is 11.4 Å². The van der Waals surface area contributed by atoms with Gasteiger partial charge in [0.15, 0.2) is 5.96 Å². The molecular formula is C14H16ClN5O. The summed E-state index contributed by atoms with van der Waals surface area (Å²) in [7, 11) is 0.